The van der Waals surface area contributed by atoms with Crippen LogP contribution in [0.25, 0.3) is 11.0 Å². The van der Waals surface area contributed by atoms with Crippen molar-refractivity contribution in [1.29, 1.82) is 5.26 Å². The van der Waals surface area contributed by atoms with E-state index in [1.165, 1.54) is 18.3 Å². The van der Waals surface area contributed by atoms with E-state index in [2.05, 4.69) is 4.98 Å². The van der Waals surface area contributed by atoms with Gasteiger partial charge in [-0.2, -0.15) is 5.26 Å². The second-order valence-electron chi connectivity index (χ2n) is 6.01. The standard InChI is InChI=1S/C20H16FN3O4/c1-2-28-20(27)16-18(25)17-15(24(8-7-22)19(16)26)10-13(11-23-17)9-12-3-5-14(21)6-4-12/h3-6,10-11,25H,2,8-9H2,1H3. The molecule has 0 spiro atoms. The maximum absolute atomic E-state index is 13.1. The largest absolute Gasteiger partial charge is 0.505 e. The van der Waals surface area contributed by atoms with Crippen molar-refractivity contribution >= 4 is 17.0 Å². The van der Waals surface area contributed by atoms with Crippen molar-refractivity contribution < 1.29 is 19.0 Å². The van der Waals surface area contributed by atoms with Crippen LogP contribution in [0.1, 0.15) is 28.4 Å². The van der Waals surface area contributed by atoms with Gasteiger partial charge in [0.2, 0.25) is 0 Å². The van der Waals surface area contributed by atoms with Crippen molar-refractivity contribution in [1.82, 2.24) is 9.55 Å². The predicted molar refractivity (Wildman–Crippen MR) is 98.4 cm³/mol. The molecule has 28 heavy (non-hydrogen) atoms. The van der Waals surface area contributed by atoms with Crippen molar-refractivity contribution in [2.24, 2.45) is 0 Å². The lowest BCUT2D eigenvalue weighted by Gasteiger charge is -2.13. The highest BCUT2D eigenvalue weighted by molar-refractivity contribution is 5.98. The van der Waals surface area contributed by atoms with E-state index in [-0.39, 0.29) is 30.0 Å². The fourth-order valence-electron chi connectivity index (χ4n) is 2.90. The van der Waals surface area contributed by atoms with E-state index in [1.807, 2.05) is 6.07 Å². The second kappa shape index (κ2) is 7.88. The third kappa shape index (κ3) is 3.55. The summed E-state index contributed by atoms with van der Waals surface area (Å²) < 4.78 is 19.0. The van der Waals surface area contributed by atoms with Crippen LogP contribution >= 0.6 is 0 Å². The van der Waals surface area contributed by atoms with Crippen molar-refractivity contribution in [3.05, 3.63) is 69.4 Å². The first-order valence-electron chi connectivity index (χ1n) is 8.49. The quantitative estimate of drug-likeness (QED) is 0.681. The van der Waals surface area contributed by atoms with E-state index < -0.39 is 22.8 Å². The van der Waals surface area contributed by atoms with Crippen LogP contribution in [0.4, 0.5) is 4.39 Å². The fourth-order valence-corrected chi connectivity index (χ4v) is 2.90. The van der Waals surface area contributed by atoms with Gasteiger partial charge < -0.3 is 9.84 Å². The highest BCUT2D eigenvalue weighted by Gasteiger charge is 2.24. The molecule has 0 unspecified atom stereocenters. The SMILES string of the molecule is CCOC(=O)c1c(O)c2ncc(Cc3ccc(F)cc3)cc2n(CC#N)c1=O. The zero-order valence-corrected chi connectivity index (χ0v) is 15.0. The first-order valence-corrected chi connectivity index (χ1v) is 8.49. The smallest absolute Gasteiger partial charge is 0.347 e. The van der Waals surface area contributed by atoms with E-state index in [1.54, 1.807) is 25.1 Å². The highest BCUT2D eigenvalue weighted by atomic mass is 19.1. The number of aromatic hydroxyl groups is 1. The van der Waals surface area contributed by atoms with Gasteiger partial charge in [0.15, 0.2) is 11.3 Å². The summed E-state index contributed by atoms with van der Waals surface area (Å²) in [5.74, 6) is -1.91. The van der Waals surface area contributed by atoms with Crippen molar-refractivity contribution in [2.45, 2.75) is 19.9 Å². The Labute approximate surface area is 159 Å². The molecular weight excluding hydrogens is 365 g/mol. The zero-order valence-electron chi connectivity index (χ0n) is 15.0. The normalized spacial score (nSPS) is 10.6. The molecule has 0 saturated carbocycles. The van der Waals surface area contributed by atoms with Gasteiger partial charge in [-0.05, 0) is 42.7 Å². The van der Waals surface area contributed by atoms with Crippen LogP contribution in [0.5, 0.6) is 5.75 Å². The number of hydrogen-bond donors (Lipinski definition) is 1. The van der Waals surface area contributed by atoms with Crippen molar-refractivity contribution in [3.8, 4) is 11.8 Å². The van der Waals surface area contributed by atoms with Gasteiger partial charge in [-0.25, -0.2) is 9.18 Å². The number of rotatable bonds is 5. The number of esters is 1. The summed E-state index contributed by atoms with van der Waals surface area (Å²) in [6, 6.07) is 9.42. The molecule has 2 heterocycles. The Morgan fingerprint density at radius 2 is 2.04 bits per heavy atom. The lowest BCUT2D eigenvalue weighted by molar-refractivity contribution is 0.0520. The minimum Gasteiger partial charge on any atom is -0.505 e. The van der Waals surface area contributed by atoms with Gasteiger partial charge in [-0.1, -0.05) is 12.1 Å². The van der Waals surface area contributed by atoms with E-state index in [0.29, 0.717) is 12.0 Å². The number of carbonyl (C=O) groups is 1. The Bertz CT molecular complexity index is 1150. The number of hydrogen-bond acceptors (Lipinski definition) is 6. The number of benzene rings is 1. The third-order valence-electron chi connectivity index (χ3n) is 4.17. The lowest BCUT2D eigenvalue weighted by Crippen LogP contribution is -2.28. The van der Waals surface area contributed by atoms with Gasteiger partial charge in [0.25, 0.3) is 5.56 Å². The second-order valence-corrected chi connectivity index (χ2v) is 6.01. The van der Waals surface area contributed by atoms with Crippen molar-refractivity contribution in [3.63, 3.8) is 0 Å². The summed E-state index contributed by atoms with van der Waals surface area (Å²) >= 11 is 0. The van der Waals surface area contributed by atoms with E-state index >= 15 is 0 Å². The molecule has 0 bridgehead atoms. The van der Waals surface area contributed by atoms with Crippen LogP contribution in [0.2, 0.25) is 0 Å². The van der Waals surface area contributed by atoms with Crippen LogP contribution in [-0.4, -0.2) is 27.2 Å². The Morgan fingerprint density at radius 1 is 1.32 bits per heavy atom. The summed E-state index contributed by atoms with van der Waals surface area (Å²) in [5.41, 5.74) is 0.365. The average molecular weight is 381 g/mol. The van der Waals surface area contributed by atoms with Crippen LogP contribution < -0.4 is 5.56 Å². The van der Waals surface area contributed by atoms with E-state index in [4.69, 9.17) is 10.00 Å². The number of ether oxygens (including phenoxy) is 1. The number of aromatic nitrogens is 2. The molecule has 7 nitrogen and oxygen atoms in total. The molecule has 3 aromatic rings. The fraction of sp³-hybridized carbons (Fsp3) is 0.200. The summed E-state index contributed by atoms with van der Waals surface area (Å²) in [6.45, 7) is 1.27. The average Bonchev–Trinajstić information content (AvgIpc) is 2.67. The molecule has 0 amide bonds. The number of fused-ring (bicyclic) bond motifs is 1. The Balaban J connectivity index is 2.17. The van der Waals surface area contributed by atoms with Gasteiger partial charge in [0, 0.05) is 6.20 Å². The molecule has 0 aliphatic rings. The van der Waals surface area contributed by atoms with Gasteiger partial charge in [0.1, 0.15) is 17.9 Å². The first kappa shape index (κ1) is 19.0. The molecule has 2 aromatic heterocycles. The topological polar surface area (TPSA) is 105 Å². The molecule has 8 heteroatoms. The van der Waals surface area contributed by atoms with Gasteiger partial charge in [-0.3, -0.25) is 14.3 Å². The molecule has 1 aromatic carbocycles. The lowest BCUT2D eigenvalue weighted by atomic mass is 10.1. The van der Waals surface area contributed by atoms with Gasteiger partial charge in [-0.15, -0.1) is 0 Å². The summed E-state index contributed by atoms with van der Waals surface area (Å²) in [5, 5.41) is 19.5. The monoisotopic (exact) mass is 381 g/mol. The number of nitrogens with zero attached hydrogens (tertiary/aromatic N) is 3. The summed E-state index contributed by atoms with van der Waals surface area (Å²) in [7, 11) is 0. The summed E-state index contributed by atoms with van der Waals surface area (Å²) in [4.78, 5) is 29.0. The molecule has 0 aliphatic heterocycles. The number of carbonyl (C=O) groups excluding carboxylic acids is 1. The van der Waals surface area contributed by atoms with Gasteiger partial charge in [0.05, 0.1) is 18.2 Å². The molecule has 0 saturated heterocycles. The molecule has 0 atom stereocenters. The van der Waals surface area contributed by atoms with Crippen molar-refractivity contribution in [2.75, 3.05) is 6.61 Å². The van der Waals surface area contributed by atoms with Crippen LogP contribution in [0, 0.1) is 17.1 Å². The van der Waals surface area contributed by atoms with E-state index in [9.17, 15) is 19.1 Å². The maximum Gasteiger partial charge on any atom is 0.347 e. The van der Waals surface area contributed by atoms with E-state index in [0.717, 1.165) is 10.1 Å². The Morgan fingerprint density at radius 3 is 2.68 bits per heavy atom. The minimum atomic E-state index is -0.976. The first-order chi connectivity index (χ1) is 13.5. The maximum atomic E-state index is 13.1. The van der Waals surface area contributed by atoms with Crippen LogP contribution in [0.3, 0.4) is 0 Å². The summed E-state index contributed by atoms with van der Waals surface area (Å²) in [6.07, 6.45) is 1.89. The molecule has 3 rings (SSSR count). The molecule has 0 radical (unpaired) electrons. The molecule has 0 fully saturated rings. The number of halogens is 1. The van der Waals surface area contributed by atoms with Crippen LogP contribution in [-0.2, 0) is 17.7 Å². The van der Waals surface area contributed by atoms with Crippen LogP contribution in [0.15, 0.2) is 41.3 Å². The Kier molecular flexibility index (Phi) is 5.36. The molecule has 142 valence electrons. The molecular formula is C20H16FN3O4. The number of pyridine rings is 2. The molecule has 1 N–H and O–H groups in total. The van der Waals surface area contributed by atoms with Gasteiger partial charge >= 0.3 is 5.97 Å². The Hall–Kier alpha value is -3.73. The zero-order chi connectivity index (χ0) is 20.3. The minimum absolute atomic E-state index is 0.0146. The third-order valence-corrected chi connectivity index (χ3v) is 4.17. The highest BCUT2D eigenvalue weighted by Crippen LogP contribution is 2.26. The number of nitriles is 1. The molecule has 0 aliphatic carbocycles. The predicted octanol–water partition coefficient (Wildman–Crippen LogP) is 2.53.